The van der Waals surface area contributed by atoms with Crippen LogP contribution in [-0.2, 0) is 11.3 Å². The van der Waals surface area contributed by atoms with E-state index in [1.807, 2.05) is 24.3 Å². The number of esters is 1. The Balaban J connectivity index is 1.31. The highest BCUT2D eigenvalue weighted by molar-refractivity contribution is 5.74. The van der Waals surface area contributed by atoms with E-state index in [0.717, 1.165) is 44.5 Å². The first-order valence-electron chi connectivity index (χ1n) is 10.6. The minimum atomic E-state index is -0.313. The zero-order valence-corrected chi connectivity index (χ0v) is 16.7. The Labute approximate surface area is 171 Å². The SMILES string of the molecule is O=C(C[C@@H]1CCN(Cc2ccccc2)C1)Oc1cccc(C2CCC(O)C2)c1O. The van der Waals surface area contributed by atoms with E-state index >= 15 is 0 Å². The molecule has 5 nitrogen and oxygen atoms in total. The zero-order valence-electron chi connectivity index (χ0n) is 16.7. The summed E-state index contributed by atoms with van der Waals surface area (Å²) in [5.41, 5.74) is 2.05. The monoisotopic (exact) mass is 395 g/mol. The number of phenolic OH excluding ortho intramolecular Hbond substituents is 1. The standard InChI is InChI=1S/C24H29NO4/c26-20-10-9-19(14-20)21-7-4-8-22(24(21)28)29-23(27)13-18-11-12-25(16-18)15-17-5-2-1-3-6-17/h1-8,18-20,26,28H,9-16H2/t18-,19?,20?/m0/s1. The second-order valence-electron chi connectivity index (χ2n) is 8.41. The Morgan fingerprint density at radius 2 is 1.90 bits per heavy atom. The number of phenols is 1. The van der Waals surface area contributed by atoms with Crippen molar-refractivity contribution in [3.63, 3.8) is 0 Å². The second-order valence-corrected chi connectivity index (χ2v) is 8.41. The molecule has 2 unspecified atom stereocenters. The zero-order chi connectivity index (χ0) is 20.2. The molecule has 4 rings (SSSR count). The van der Waals surface area contributed by atoms with Gasteiger partial charge in [0.2, 0.25) is 0 Å². The summed E-state index contributed by atoms with van der Waals surface area (Å²) >= 11 is 0. The fourth-order valence-corrected chi connectivity index (χ4v) is 4.66. The van der Waals surface area contributed by atoms with Gasteiger partial charge in [-0.25, -0.2) is 0 Å². The number of hydrogen-bond donors (Lipinski definition) is 2. The van der Waals surface area contributed by atoms with Gasteiger partial charge in [-0.2, -0.15) is 0 Å². The van der Waals surface area contributed by atoms with Crippen LogP contribution in [-0.4, -0.2) is 40.3 Å². The number of carbonyl (C=O) groups excluding carboxylic acids is 1. The number of aliphatic hydroxyl groups is 1. The van der Waals surface area contributed by atoms with Crippen molar-refractivity contribution in [3.05, 3.63) is 59.7 Å². The van der Waals surface area contributed by atoms with E-state index < -0.39 is 0 Å². The molecule has 1 saturated heterocycles. The lowest BCUT2D eigenvalue weighted by Gasteiger charge is -2.17. The van der Waals surface area contributed by atoms with E-state index in [0.29, 0.717) is 12.8 Å². The van der Waals surface area contributed by atoms with Crippen LogP contribution in [0.25, 0.3) is 0 Å². The Kier molecular flexibility index (Phi) is 6.16. The number of ether oxygens (including phenoxy) is 1. The molecular formula is C24H29NO4. The van der Waals surface area contributed by atoms with Crippen molar-refractivity contribution in [2.75, 3.05) is 13.1 Å². The molecule has 2 aliphatic rings. The molecule has 1 saturated carbocycles. The summed E-state index contributed by atoms with van der Waals surface area (Å²) in [5, 5.41) is 20.4. The molecule has 0 amide bonds. The van der Waals surface area contributed by atoms with Crippen molar-refractivity contribution in [1.29, 1.82) is 0 Å². The van der Waals surface area contributed by atoms with Crippen LogP contribution in [0.4, 0.5) is 0 Å². The Morgan fingerprint density at radius 3 is 2.66 bits per heavy atom. The summed E-state index contributed by atoms with van der Waals surface area (Å²) < 4.78 is 5.52. The number of rotatable bonds is 6. The van der Waals surface area contributed by atoms with Crippen molar-refractivity contribution in [3.8, 4) is 11.5 Å². The minimum absolute atomic E-state index is 0.0390. The first kappa shape index (κ1) is 19.9. The molecule has 0 bridgehead atoms. The fourth-order valence-electron chi connectivity index (χ4n) is 4.66. The van der Waals surface area contributed by atoms with Crippen LogP contribution in [0.15, 0.2) is 48.5 Å². The van der Waals surface area contributed by atoms with Crippen LogP contribution < -0.4 is 4.74 Å². The summed E-state index contributed by atoms with van der Waals surface area (Å²) in [6.07, 6.45) is 3.25. The highest BCUT2D eigenvalue weighted by atomic mass is 16.5. The number of aliphatic hydroxyl groups excluding tert-OH is 1. The smallest absolute Gasteiger partial charge is 0.311 e. The van der Waals surface area contributed by atoms with Crippen LogP contribution in [0, 0.1) is 5.92 Å². The van der Waals surface area contributed by atoms with Crippen molar-refractivity contribution < 1.29 is 19.7 Å². The minimum Gasteiger partial charge on any atom is -0.504 e. The Bertz CT molecular complexity index is 838. The maximum absolute atomic E-state index is 12.5. The maximum atomic E-state index is 12.5. The van der Waals surface area contributed by atoms with E-state index in [-0.39, 0.29) is 35.4 Å². The van der Waals surface area contributed by atoms with Gasteiger partial charge in [-0.05, 0) is 55.7 Å². The van der Waals surface area contributed by atoms with Gasteiger partial charge in [0.05, 0.1) is 12.5 Å². The molecule has 0 aromatic heterocycles. The fraction of sp³-hybridized carbons (Fsp3) is 0.458. The molecule has 5 heteroatoms. The summed E-state index contributed by atoms with van der Waals surface area (Å²) in [6, 6.07) is 15.7. The summed E-state index contributed by atoms with van der Waals surface area (Å²) in [7, 11) is 0. The van der Waals surface area contributed by atoms with E-state index in [9.17, 15) is 15.0 Å². The number of hydrogen-bond acceptors (Lipinski definition) is 5. The van der Waals surface area contributed by atoms with E-state index in [1.54, 1.807) is 12.1 Å². The normalized spacial score (nSPS) is 24.7. The molecule has 2 N–H and O–H groups in total. The van der Waals surface area contributed by atoms with Gasteiger partial charge in [0.1, 0.15) is 0 Å². The largest absolute Gasteiger partial charge is 0.504 e. The van der Waals surface area contributed by atoms with Crippen molar-refractivity contribution in [2.45, 2.75) is 50.7 Å². The van der Waals surface area contributed by atoms with Gasteiger partial charge in [-0.15, -0.1) is 0 Å². The lowest BCUT2D eigenvalue weighted by atomic mass is 9.96. The van der Waals surface area contributed by atoms with Crippen molar-refractivity contribution in [2.24, 2.45) is 5.92 Å². The third kappa shape index (κ3) is 4.98. The van der Waals surface area contributed by atoms with Crippen LogP contribution in [0.3, 0.4) is 0 Å². The van der Waals surface area contributed by atoms with Gasteiger partial charge in [0, 0.05) is 18.7 Å². The van der Waals surface area contributed by atoms with Gasteiger partial charge in [0.25, 0.3) is 0 Å². The molecule has 1 aliphatic carbocycles. The molecule has 2 fully saturated rings. The third-order valence-corrected chi connectivity index (χ3v) is 6.17. The third-order valence-electron chi connectivity index (χ3n) is 6.17. The topological polar surface area (TPSA) is 70.0 Å². The molecule has 154 valence electrons. The van der Waals surface area contributed by atoms with Crippen molar-refractivity contribution in [1.82, 2.24) is 4.90 Å². The molecule has 0 radical (unpaired) electrons. The average Bonchev–Trinajstić information content (AvgIpc) is 3.33. The Hall–Kier alpha value is -2.37. The van der Waals surface area contributed by atoms with Gasteiger partial charge < -0.3 is 14.9 Å². The second kappa shape index (κ2) is 8.97. The van der Waals surface area contributed by atoms with Gasteiger partial charge in [-0.3, -0.25) is 9.69 Å². The highest BCUT2D eigenvalue weighted by Gasteiger charge is 2.29. The van der Waals surface area contributed by atoms with Gasteiger partial charge >= 0.3 is 5.97 Å². The highest BCUT2D eigenvalue weighted by Crippen LogP contribution is 2.42. The molecule has 3 atom stereocenters. The quantitative estimate of drug-likeness (QED) is 0.575. The molecule has 2 aromatic carbocycles. The number of likely N-dealkylation sites (tertiary alicyclic amines) is 1. The predicted molar refractivity (Wildman–Crippen MR) is 111 cm³/mol. The first-order chi connectivity index (χ1) is 14.1. The molecule has 2 aromatic rings. The number of aromatic hydroxyl groups is 1. The molecule has 1 aliphatic heterocycles. The van der Waals surface area contributed by atoms with E-state index in [1.165, 1.54) is 5.56 Å². The lowest BCUT2D eigenvalue weighted by molar-refractivity contribution is -0.135. The molecule has 0 spiro atoms. The van der Waals surface area contributed by atoms with E-state index in [2.05, 4.69) is 17.0 Å². The predicted octanol–water partition coefficient (Wildman–Crippen LogP) is 3.84. The summed E-state index contributed by atoms with van der Waals surface area (Å²) in [6.45, 7) is 2.77. The summed E-state index contributed by atoms with van der Waals surface area (Å²) in [4.78, 5) is 14.9. The van der Waals surface area contributed by atoms with Gasteiger partial charge in [-0.1, -0.05) is 42.5 Å². The lowest BCUT2D eigenvalue weighted by Crippen LogP contribution is -2.21. The molecular weight excluding hydrogens is 366 g/mol. The van der Waals surface area contributed by atoms with Crippen LogP contribution in [0.1, 0.15) is 49.1 Å². The number of para-hydroxylation sites is 1. The molecule has 1 heterocycles. The van der Waals surface area contributed by atoms with E-state index in [4.69, 9.17) is 4.74 Å². The number of carbonyl (C=O) groups is 1. The average molecular weight is 395 g/mol. The van der Waals surface area contributed by atoms with Crippen LogP contribution in [0.5, 0.6) is 11.5 Å². The maximum Gasteiger partial charge on any atom is 0.311 e. The first-order valence-corrected chi connectivity index (χ1v) is 10.6. The number of benzene rings is 2. The van der Waals surface area contributed by atoms with Crippen LogP contribution in [0.2, 0.25) is 0 Å². The Morgan fingerprint density at radius 1 is 1.07 bits per heavy atom. The summed E-state index contributed by atoms with van der Waals surface area (Å²) in [5.74, 6) is 0.368. The van der Waals surface area contributed by atoms with Crippen molar-refractivity contribution >= 4 is 5.97 Å². The molecule has 29 heavy (non-hydrogen) atoms. The van der Waals surface area contributed by atoms with Gasteiger partial charge in [0.15, 0.2) is 11.5 Å². The van der Waals surface area contributed by atoms with Crippen LogP contribution >= 0.6 is 0 Å². The number of nitrogens with zero attached hydrogens (tertiary/aromatic N) is 1.